The molecule has 0 aliphatic heterocycles. The van der Waals surface area contributed by atoms with Crippen molar-refractivity contribution >= 4 is 40.1 Å². The number of ether oxygens (including phenoxy) is 1. The SMILES string of the molecule is CC(C)(C)OC(=O)C(C)(C)O/N=C(/C(=O)O)c1csc(N)n1.NCCCCCCCCCCCC(=O)O. The number of carbonyl (C=O) groups is 3. The van der Waals surface area contributed by atoms with Crippen molar-refractivity contribution in [3.05, 3.63) is 11.1 Å². The number of rotatable bonds is 16. The van der Waals surface area contributed by atoms with E-state index in [0.717, 1.165) is 37.1 Å². The minimum atomic E-state index is -1.45. The molecule has 0 saturated heterocycles. The number of carbonyl (C=O) groups excluding carboxylic acids is 1. The summed E-state index contributed by atoms with van der Waals surface area (Å²) in [7, 11) is 0. The minimum Gasteiger partial charge on any atom is -0.481 e. The second-order valence-electron chi connectivity index (χ2n) is 10.0. The fourth-order valence-electron chi connectivity index (χ4n) is 2.85. The van der Waals surface area contributed by atoms with Crippen molar-refractivity contribution in [2.75, 3.05) is 12.3 Å². The maximum absolute atomic E-state index is 12.0. The van der Waals surface area contributed by atoms with E-state index in [2.05, 4.69) is 10.1 Å². The number of hydrogen-bond acceptors (Lipinski definition) is 10. The first-order valence-electron chi connectivity index (χ1n) is 12.6. The zero-order chi connectivity index (χ0) is 28.5. The molecule has 0 aliphatic rings. The molecular formula is C25H44N4O7S. The number of thiazole rings is 1. The van der Waals surface area contributed by atoms with E-state index >= 15 is 0 Å². The number of nitrogens with two attached hydrogens (primary N) is 2. The van der Waals surface area contributed by atoms with Gasteiger partial charge in [0.15, 0.2) is 5.13 Å². The molecule has 1 aromatic heterocycles. The molecule has 212 valence electrons. The van der Waals surface area contributed by atoms with Crippen molar-refractivity contribution in [2.24, 2.45) is 10.9 Å². The molecule has 0 aliphatic carbocycles. The summed E-state index contributed by atoms with van der Waals surface area (Å²) >= 11 is 1.07. The Morgan fingerprint density at radius 2 is 1.46 bits per heavy atom. The highest BCUT2D eigenvalue weighted by atomic mass is 32.1. The Balaban J connectivity index is 0.000000757. The molecule has 0 radical (unpaired) electrons. The number of unbranched alkanes of at least 4 members (excludes halogenated alkanes) is 8. The average Bonchev–Trinajstić information content (AvgIpc) is 3.19. The van der Waals surface area contributed by atoms with Crippen LogP contribution in [0, 0.1) is 0 Å². The largest absolute Gasteiger partial charge is 0.481 e. The number of oxime groups is 1. The van der Waals surface area contributed by atoms with E-state index in [0.29, 0.717) is 6.42 Å². The zero-order valence-corrected chi connectivity index (χ0v) is 23.6. The van der Waals surface area contributed by atoms with Crippen LogP contribution < -0.4 is 11.5 Å². The third-order valence-electron chi connectivity index (χ3n) is 4.82. The maximum Gasteiger partial charge on any atom is 0.360 e. The molecule has 0 fully saturated rings. The Labute approximate surface area is 223 Å². The molecule has 0 saturated carbocycles. The Bertz CT molecular complexity index is 863. The van der Waals surface area contributed by atoms with Crippen molar-refractivity contribution in [1.29, 1.82) is 0 Å². The summed E-state index contributed by atoms with van der Waals surface area (Å²) in [6.45, 7) is 8.81. The van der Waals surface area contributed by atoms with Crippen molar-refractivity contribution in [3.8, 4) is 0 Å². The Hall–Kier alpha value is -2.73. The molecule has 0 amide bonds. The average molecular weight is 545 g/mol. The van der Waals surface area contributed by atoms with Crippen LogP contribution in [0.2, 0.25) is 0 Å². The van der Waals surface area contributed by atoms with Crippen LogP contribution in [-0.2, 0) is 24.0 Å². The molecule has 6 N–H and O–H groups in total. The van der Waals surface area contributed by atoms with Gasteiger partial charge in [-0.15, -0.1) is 11.3 Å². The molecule has 1 rings (SSSR count). The van der Waals surface area contributed by atoms with Gasteiger partial charge in [0.2, 0.25) is 11.3 Å². The number of aliphatic carboxylic acids is 2. The first kappa shape index (κ1) is 34.3. The lowest BCUT2D eigenvalue weighted by molar-refractivity contribution is -0.179. The van der Waals surface area contributed by atoms with E-state index in [-0.39, 0.29) is 10.8 Å². The molecule has 1 heterocycles. The smallest absolute Gasteiger partial charge is 0.360 e. The van der Waals surface area contributed by atoms with Crippen LogP contribution in [0.4, 0.5) is 5.13 Å². The first-order valence-corrected chi connectivity index (χ1v) is 13.4. The van der Waals surface area contributed by atoms with E-state index in [4.69, 9.17) is 31.3 Å². The number of nitrogens with zero attached hydrogens (tertiary/aromatic N) is 2. The summed E-state index contributed by atoms with van der Waals surface area (Å²) in [4.78, 5) is 42.4. The van der Waals surface area contributed by atoms with Gasteiger partial charge in [0, 0.05) is 11.8 Å². The summed E-state index contributed by atoms with van der Waals surface area (Å²) in [6.07, 6.45) is 11.0. The van der Waals surface area contributed by atoms with Crippen molar-refractivity contribution in [3.63, 3.8) is 0 Å². The number of anilines is 1. The van der Waals surface area contributed by atoms with Gasteiger partial charge >= 0.3 is 17.9 Å². The second kappa shape index (κ2) is 17.7. The van der Waals surface area contributed by atoms with Gasteiger partial charge in [0.1, 0.15) is 11.3 Å². The van der Waals surface area contributed by atoms with E-state index in [1.54, 1.807) is 20.8 Å². The third-order valence-corrected chi connectivity index (χ3v) is 5.49. The Kier molecular flexibility index (Phi) is 16.4. The summed E-state index contributed by atoms with van der Waals surface area (Å²) in [5.74, 6) is -2.67. The number of nitrogen functional groups attached to an aromatic ring is 1. The fraction of sp³-hybridized carbons (Fsp3) is 0.720. The molecule has 11 nitrogen and oxygen atoms in total. The van der Waals surface area contributed by atoms with Gasteiger partial charge < -0.3 is 31.3 Å². The fourth-order valence-corrected chi connectivity index (χ4v) is 3.40. The summed E-state index contributed by atoms with van der Waals surface area (Å²) in [5, 5.41) is 22.8. The molecule has 0 atom stereocenters. The predicted molar refractivity (Wildman–Crippen MR) is 145 cm³/mol. The van der Waals surface area contributed by atoms with Crippen LogP contribution in [0.3, 0.4) is 0 Å². The van der Waals surface area contributed by atoms with E-state index in [1.807, 2.05) is 0 Å². The Morgan fingerprint density at radius 3 is 1.86 bits per heavy atom. The molecule has 12 heteroatoms. The highest BCUT2D eigenvalue weighted by Crippen LogP contribution is 2.19. The van der Waals surface area contributed by atoms with E-state index in [9.17, 15) is 14.4 Å². The normalized spacial score (nSPS) is 11.9. The van der Waals surface area contributed by atoms with Crippen LogP contribution in [0.15, 0.2) is 10.5 Å². The Morgan fingerprint density at radius 1 is 0.946 bits per heavy atom. The van der Waals surface area contributed by atoms with Crippen LogP contribution in [0.25, 0.3) is 0 Å². The quantitative estimate of drug-likeness (QED) is 0.0992. The zero-order valence-electron chi connectivity index (χ0n) is 22.7. The van der Waals surface area contributed by atoms with Crippen LogP contribution in [0.5, 0.6) is 0 Å². The highest BCUT2D eigenvalue weighted by molar-refractivity contribution is 7.13. The molecule has 0 bridgehead atoms. The summed E-state index contributed by atoms with van der Waals surface area (Å²) < 4.78 is 5.19. The lowest BCUT2D eigenvalue weighted by Crippen LogP contribution is -2.40. The van der Waals surface area contributed by atoms with Crippen LogP contribution in [0.1, 0.15) is 105 Å². The van der Waals surface area contributed by atoms with Gasteiger partial charge in [-0.05, 0) is 54.0 Å². The lowest BCUT2D eigenvalue weighted by atomic mass is 10.1. The monoisotopic (exact) mass is 544 g/mol. The number of aromatic nitrogens is 1. The molecule has 0 unspecified atom stereocenters. The first-order chi connectivity index (χ1) is 17.2. The number of hydrogen-bond donors (Lipinski definition) is 4. The number of carboxylic acid groups (broad SMARTS) is 2. The molecule has 0 aromatic carbocycles. The topological polar surface area (TPSA) is 187 Å². The van der Waals surface area contributed by atoms with Gasteiger partial charge in [-0.1, -0.05) is 50.1 Å². The number of esters is 1. The predicted octanol–water partition coefficient (Wildman–Crippen LogP) is 4.58. The lowest BCUT2D eigenvalue weighted by Gasteiger charge is -2.26. The van der Waals surface area contributed by atoms with Crippen LogP contribution in [-0.4, -0.2) is 56.6 Å². The molecule has 0 spiro atoms. The van der Waals surface area contributed by atoms with Crippen molar-refractivity contribution < 1.29 is 34.2 Å². The molecule has 1 aromatic rings. The number of carboxylic acids is 2. The van der Waals surface area contributed by atoms with Gasteiger partial charge in [-0.3, -0.25) is 4.79 Å². The van der Waals surface area contributed by atoms with E-state index < -0.39 is 34.8 Å². The van der Waals surface area contributed by atoms with Gasteiger partial charge in [-0.2, -0.15) is 0 Å². The van der Waals surface area contributed by atoms with E-state index in [1.165, 1.54) is 57.8 Å². The van der Waals surface area contributed by atoms with Gasteiger partial charge in [0.05, 0.1) is 0 Å². The standard InChI is InChI=1S/C13H19N3O5S.C12H25NO2/c1-12(2,3)20-10(19)13(4,5)21-16-8(9(17)18)7-6-22-11(14)15-7;13-11-9-7-5-3-1-2-4-6-8-10-12(14)15/h6H,1-5H3,(H2,14,15)(H,17,18);1-11,13H2,(H,14,15)/b16-8+;. The van der Waals surface area contributed by atoms with Crippen molar-refractivity contribution in [2.45, 2.75) is 110 Å². The summed E-state index contributed by atoms with van der Waals surface area (Å²) in [5.41, 5.74) is 8.34. The minimum absolute atomic E-state index is 0.0648. The van der Waals surface area contributed by atoms with Crippen LogP contribution >= 0.6 is 11.3 Å². The van der Waals surface area contributed by atoms with Gasteiger partial charge in [-0.25, -0.2) is 14.6 Å². The maximum atomic E-state index is 12.0. The summed E-state index contributed by atoms with van der Waals surface area (Å²) in [6, 6.07) is 0. The highest BCUT2D eigenvalue weighted by Gasteiger charge is 2.36. The second-order valence-corrected chi connectivity index (χ2v) is 10.9. The molecular weight excluding hydrogens is 500 g/mol. The third kappa shape index (κ3) is 17.4. The van der Waals surface area contributed by atoms with Crippen molar-refractivity contribution in [1.82, 2.24) is 4.98 Å². The molecule has 37 heavy (non-hydrogen) atoms. The van der Waals surface area contributed by atoms with Gasteiger partial charge in [0.25, 0.3) is 0 Å².